The van der Waals surface area contributed by atoms with Gasteiger partial charge in [-0.2, -0.15) is 8.42 Å². The number of rotatable bonds is 23. The van der Waals surface area contributed by atoms with Gasteiger partial charge in [0, 0.05) is 45.8 Å². The maximum atomic E-state index is 13.9. The first-order valence-electron chi connectivity index (χ1n) is 24.8. The molecule has 79 heavy (non-hydrogen) atoms. The van der Waals surface area contributed by atoms with Crippen LogP contribution in [0.15, 0.2) is 66.2 Å². The molecule has 0 radical (unpaired) electrons. The van der Waals surface area contributed by atoms with Crippen molar-refractivity contribution in [2.45, 2.75) is 80.0 Å². The van der Waals surface area contributed by atoms with Crippen molar-refractivity contribution >= 4 is 77.9 Å². The number of aryl methyl sites for hydroxylation is 1. The van der Waals surface area contributed by atoms with Crippen LogP contribution < -0.4 is 37.3 Å². The van der Waals surface area contributed by atoms with Gasteiger partial charge < -0.3 is 74.0 Å². The molecule has 0 unspecified atom stereocenters. The van der Waals surface area contributed by atoms with Gasteiger partial charge in [0.25, 0.3) is 0 Å². The molecule has 4 aromatic carbocycles. The number of ether oxygens (including phenoxy) is 11. The van der Waals surface area contributed by atoms with Crippen LogP contribution in [0.25, 0.3) is 43.9 Å². The lowest BCUT2D eigenvalue weighted by Gasteiger charge is -2.20. The molecule has 4 heterocycles. The third kappa shape index (κ3) is 11.1. The summed E-state index contributed by atoms with van der Waals surface area (Å²) in [4.78, 5) is 54.1. The van der Waals surface area contributed by atoms with Gasteiger partial charge in [-0.25, -0.2) is 19.2 Å². The number of fused-ring (bicyclic) bond motifs is 4. The summed E-state index contributed by atoms with van der Waals surface area (Å²) in [5.41, 5.74) is 1.04. The molecule has 0 aliphatic heterocycles. The van der Waals surface area contributed by atoms with Crippen LogP contribution in [0, 0.1) is 6.92 Å². The first-order chi connectivity index (χ1) is 37.7. The Morgan fingerprint density at radius 1 is 0.418 bits per heavy atom. The van der Waals surface area contributed by atoms with Gasteiger partial charge in [-0.1, -0.05) is 0 Å². The van der Waals surface area contributed by atoms with E-state index in [9.17, 15) is 27.6 Å². The number of methoxy groups -OCH3 is 4. The van der Waals surface area contributed by atoms with E-state index < -0.39 is 45.3 Å². The summed E-state index contributed by atoms with van der Waals surface area (Å²) < 4.78 is 118. The molecule has 0 atom stereocenters. The fourth-order valence-corrected chi connectivity index (χ4v) is 9.07. The van der Waals surface area contributed by atoms with Crippen LogP contribution in [0.5, 0.6) is 46.0 Å². The van der Waals surface area contributed by atoms with Crippen molar-refractivity contribution in [3.8, 4) is 46.0 Å². The second-order valence-electron chi connectivity index (χ2n) is 18.1. The molecule has 0 saturated carbocycles. The number of carbonyl (C=O) groups is 4. The molecular weight excluding hydrogens is 1060 g/mol. The Balaban J connectivity index is 1.13. The van der Waals surface area contributed by atoms with Gasteiger partial charge in [0.2, 0.25) is 0 Å². The van der Waals surface area contributed by atoms with Crippen LogP contribution in [0.4, 0.5) is 0 Å². The Bertz CT molecular complexity index is 3750. The minimum Gasteiger partial charge on any atom is -0.493 e. The molecule has 0 bridgehead atoms. The summed E-state index contributed by atoms with van der Waals surface area (Å²) in [6.45, 7) is 11.8. The lowest BCUT2D eigenvalue weighted by molar-refractivity contribution is 0.0513. The van der Waals surface area contributed by atoms with Gasteiger partial charge in [-0.15, -0.1) is 0 Å². The summed E-state index contributed by atoms with van der Waals surface area (Å²) in [7, 11) is 1.37. The normalized spacial score (nSPS) is 11.7. The molecule has 23 heteroatoms. The number of furan rings is 4. The van der Waals surface area contributed by atoms with Crippen molar-refractivity contribution in [3.63, 3.8) is 0 Å². The number of benzene rings is 4. The fraction of sp³-hybridized carbons (Fsp3) is 0.357. The van der Waals surface area contributed by atoms with Crippen LogP contribution in [0.3, 0.4) is 0 Å². The quantitative estimate of drug-likeness (QED) is 0.0327. The van der Waals surface area contributed by atoms with E-state index in [2.05, 4.69) is 0 Å². The zero-order valence-corrected chi connectivity index (χ0v) is 46.3. The maximum absolute atomic E-state index is 13.9. The molecule has 0 N–H and O–H groups in total. The molecule has 0 saturated heterocycles. The third-order valence-electron chi connectivity index (χ3n) is 12.2. The van der Waals surface area contributed by atoms with E-state index in [1.807, 2.05) is 0 Å². The Hall–Kier alpha value is -8.73. The highest BCUT2D eigenvalue weighted by molar-refractivity contribution is 7.88. The van der Waals surface area contributed by atoms with Crippen LogP contribution in [-0.2, 0) is 48.9 Å². The average molecular weight is 1120 g/mol. The van der Waals surface area contributed by atoms with Crippen molar-refractivity contribution in [2.75, 3.05) is 54.9 Å². The van der Waals surface area contributed by atoms with Crippen molar-refractivity contribution in [1.82, 2.24) is 0 Å². The highest BCUT2D eigenvalue weighted by Gasteiger charge is 2.34. The number of hydrogen-bond donors (Lipinski definition) is 0. The van der Waals surface area contributed by atoms with Crippen molar-refractivity contribution in [2.24, 2.45) is 0 Å². The molecule has 0 amide bonds. The molecule has 0 spiro atoms. The molecule has 4 aromatic heterocycles. The Kier molecular flexibility index (Phi) is 16.5. The van der Waals surface area contributed by atoms with Crippen LogP contribution in [-0.4, -0.2) is 91.9 Å². The van der Waals surface area contributed by atoms with E-state index in [-0.39, 0.29) is 158 Å². The second-order valence-corrected chi connectivity index (χ2v) is 20.4. The molecule has 0 aliphatic rings. The van der Waals surface area contributed by atoms with E-state index in [1.54, 1.807) is 46.8 Å². The standard InChI is InChI=1S/C56H58O22S/c1-13-67-52(57)48-28(5)74-33-21-37(63-9)41(17-29(33)48)71-25-45-49(53(58)68-14-2)30-18-42(38(64-10)22-34(30)75-45)72-26-46-50(54(59)69-15-3)31-19-43(39(65-11)23-35(31)76-46)73-27-47-51(55(60)70-16-4)32-20-44(40(66-12)24-36(32)77-47)78-79(61,62)56(6,7)8/h17-24H,13-16,25-27H2,1-12H3. The predicted molar refractivity (Wildman–Crippen MR) is 282 cm³/mol. The summed E-state index contributed by atoms with van der Waals surface area (Å²) in [6, 6.07) is 11.9. The summed E-state index contributed by atoms with van der Waals surface area (Å²) in [6.07, 6.45) is 0. The Morgan fingerprint density at radius 3 is 1.00 bits per heavy atom. The highest BCUT2D eigenvalue weighted by atomic mass is 32.2. The van der Waals surface area contributed by atoms with Crippen molar-refractivity contribution < 1.29 is 102 Å². The van der Waals surface area contributed by atoms with Crippen LogP contribution in [0.1, 0.15) is 113 Å². The molecule has 0 aliphatic carbocycles. The van der Waals surface area contributed by atoms with Gasteiger partial charge in [-0.3, -0.25) is 0 Å². The molecule has 0 fully saturated rings. The van der Waals surface area contributed by atoms with E-state index >= 15 is 0 Å². The number of esters is 4. The van der Waals surface area contributed by atoms with Crippen molar-refractivity contribution in [1.29, 1.82) is 0 Å². The van der Waals surface area contributed by atoms with E-state index in [0.29, 0.717) is 16.7 Å². The summed E-state index contributed by atoms with van der Waals surface area (Å²) >= 11 is 0. The SMILES string of the molecule is CCOC(=O)c1c(C)oc2cc(OC)c(OCc3oc4cc(OC)c(OCc5oc6cc(OC)c(OCc7oc8cc(OC)c(OS(=O)(=O)C(C)(C)C)cc8c7C(=O)OCC)cc6c5C(=O)OCC)cc4c3C(=O)OCC)cc12. The molecule has 8 rings (SSSR count). The fourth-order valence-electron chi connectivity index (χ4n) is 8.45. The largest absolute Gasteiger partial charge is 0.493 e. The number of hydrogen-bond acceptors (Lipinski definition) is 22. The molecule has 420 valence electrons. The van der Waals surface area contributed by atoms with E-state index in [4.69, 9.17) is 74.0 Å². The van der Waals surface area contributed by atoms with Crippen LogP contribution in [0.2, 0.25) is 0 Å². The Morgan fingerprint density at radius 2 is 0.696 bits per heavy atom. The summed E-state index contributed by atoms with van der Waals surface area (Å²) in [5, 5.41) is 1.08. The first kappa shape index (κ1) is 56.5. The maximum Gasteiger partial charge on any atom is 0.342 e. The smallest absolute Gasteiger partial charge is 0.342 e. The first-order valence-corrected chi connectivity index (χ1v) is 26.2. The van der Waals surface area contributed by atoms with Crippen molar-refractivity contribution in [3.05, 3.63) is 93.8 Å². The van der Waals surface area contributed by atoms with Crippen LogP contribution >= 0.6 is 0 Å². The molecule has 22 nitrogen and oxygen atoms in total. The minimum absolute atomic E-state index is 0.000359. The van der Waals surface area contributed by atoms with Gasteiger partial charge in [0.1, 0.15) is 70.2 Å². The zero-order valence-electron chi connectivity index (χ0n) is 45.5. The van der Waals surface area contributed by atoms with Gasteiger partial charge >= 0.3 is 34.0 Å². The van der Waals surface area contributed by atoms with Gasteiger partial charge in [0.15, 0.2) is 63.3 Å². The minimum atomic E-state index is -4.18. The predicted octanol–water partition coefficient (Wildman–Crippen LogP) is 11.0. The highest BCUT2D eigenvalue weighted by Crippen LogP contribution is 2.44. The third-order valence-corrected chi connectivity index (χ3v) is 14.1. The monoisotopic (exact) mass is 1110 g/mol. The average Bonchev–Trinajstić information content (AvgIpc) is 4.24. The Labute approximate surface area is 452 Å². The van der Waals surface area contributed by atoms with Gasteiger partial charge in [-0.05, 0) is 79.7 Å². The topological polar surface area (TPSA) is 266 Å². The zero-order chi connectivity index (χ0) is 57.1. The summed E-state index contributed by atoms with van der Waals surface area (Å²) in [5.74, 6) is -1.62. The number of carbonyl (C=O) groups excluding carboxylic acids is 4. The molecule has 8 aromatic rings. The second kappa shape index (κ2) is 23.1. The molecular formula is C56H58O22S. The van der Waals surface area contributed by atoms with E-state index in [0.717, 1.165) is 0 Å². The van der Waals surface area contributed by atoms with E-state index in [1.165, 1.54) is 85.6 Å². The lowest BCUT2D eigenvalue weighted by atomic mass is 10.1. The lowest BCUT2D eigenvalue weighted by Crippen LogP contribution is -2.32. The van der Waals surface area contributed by atoms with Gasteiger partial charge in [0.05, 0.1) is 59.6 Å².